The first-order valence-corrected chi connectivity index (χ1v) is 18.1. The van der Waals surface area contributed by atoms with Crippen molar-refractivity contribution in [2.45, 2.75) is 38.8 Å². The Hall–Kier alpha value is -2.99. The maximum atomic E-state index is 4.58. The van der Waals surface area contributed by atoms with Crippen molar-refractivity contribution in [3.63, 3.8) is 0 Å². The molecule has 5 aromatic carbocycles. The quantitative estimate of drug-likeness (QED) is 0.114. The molecule has 0 spiro atoms. The van der Waals surface area contributed by atoms with Crippen LogP contribution in [0.2, 0.25) is 0 Å². The second-order valence-electron chi connectivity index (χ2n) is 10.2. The molecule has 0 saturated carbocycles. The van der Waals surface area contributed by atoms with E-state index in [2.05, 4.69) is 162 Å². The number of aryl methyl sites for hydroxylation is 1. The van der Waals surface area contributed by atoms with Crippen LogP contribution in [-0.2, 0) is 12.6 Å². The standard InChI is InChI=1S/C36H36BrP/c1-2-3-7-14-30-21-25-32(26-22-30)33-27-23-31(24-28-33)29-38(37,34-15-8-4-9-16-34,35-17-10-5-11-18-35)36-19-12-6-13-20-36/h4-6,8-13,15-28H,2-3,7,14,29H2,1H3. The van der Waals surface area contributed by atoms with Gasteiger partial charge in [-0.2, -0.15) is 0 Å². The molecule has 0 N–H and O–H groups in total. The monoisotopic (exact) mass is 578 g/mol. The van der Waals surface area contributed by atoms with E-state index in [-0.39, 0.29) is 0 Å². The molecule has 0 aliphatic carbocycles. The average molecular weight is 580 g/mol. The average Bonchev–Trinajstić information content (AvgIpc) is 2.99. The van der Waals surface area contributed by atoms with Crippen LogP contribution in [0.5, 0.6) is 0 Å². The van der Waals surface area contributed by atoms with Crippen molar-refractivity contribution < 1.29 is 0 Å². The first-order chi connectivity index (χ1) is 18.6. The van der Waals surface area contributed by atoms with Crippen LogP contribution in [0.15, 0.2) is 140 Å². The molecule has 0 heterocycles. The summed E-state index contributed by atoms with van der Waals surface area (Å²) in [5.74, 6) is 0. The van der Waals surface area contributed by atoms with E-state index in [0.717, 1.165) is 6.16 Å². The number of hydrogen-bond acceptors (Lipinski definition) is 0. The van der Waals surface area contributed by atoms with Gasteiger partial charge in [0.15, 0.2) is 0 Å². The fourth-order valence-electron chi connectivity index (χ4n) is 5.53. The normalized spacial score (nSPS) is 12.5. The number of unbranched alkanes of at least 4 members (excludes halogenated alkanes) is 2. The minimum absolute atomic E-state index is 0.903. The van der Waals surface area contributed by atoms with Crippen molar-refractivity contribution in [2.75, 3.05) is 0 Å². The topological polar surface area (TPSA) is 0 Å². The fourth-order valence-corrected chi connectivity index (χ4v) is 13.2. The number of halogens is 1. The number of rotatable bonds is 10. The summed E-state index contributed by atoms with van der Waals surface area (Å²) in [6.07, 6.45) is 5.91. The van der Waals surface area contributed by atoms with Crippen LogP contribution in [0.25, 0.3) is 11.1 Å². The van der Waals surface area contributed by atoms with E-state index in [1.54, 1.807) is 0 Å². The maximum absolute atomic E-state index is 4.58. The van der Waals surface area contributed by atoms with Gasteiger partial charge in [-0.3, -0.25) is 0 Å². The van der Waals surface area contributed by atoms with Crippen LogP contribution < -0.4 is 15.9 Å². The van der Waals surface area contributed by atoms with Gasteiger partial charge in [0.25, 0.3) is 0 Å². The molecule has 38 heavy (non-hydrogen) atoms. The zero-order chi connectivity index (χ0) is 26.3. The van der Waals surface area contributed by atoms with Crippen LogP contribution >= 0.6 is 20.8 Å². The van der Waals surface area contributed by atoms with Crippen LogP contribution in [0, 0.1) is 0 Å². The summed E-state index contributed by atoms with van der Waals surface area (Å²) in [4.78, 5) is 0. The second-order valence-corrected chi connectivity index (χ2v) is 19.1. The molecule has 5 aromatic rings. The van der Waals surface area contributed by atoms with Gasteiger partial charge in [0.1, 0.15) is 0 Å². The second kappa shape index (κ2) is 11.8. The summed E-state index contributed by atoms with van der Waals surface area (Å²) >= 11 is 4.58. The van der Waals surface area contributed by atoms with Gasteiger partial charge in [-0.25, -0.2) is 0 Å². The van der Waals surface area contributed by atoms with Crippen molar-refractivity contribution in [3.05, 3.63) is 151 Å². The molecule has 0 aliphatic rings. The van der Waals surface area contributed by atoms with Crippen molar-refractivity contribution >= 4 is 36.7 Å². The van der Waals surface area contributed by atoms with Gasteiger partial charge in [0, 0.05) is 0 Å². The van der Waals surface area contributed by atoms with Crippen molar-refractivity contribution in [2.24, 2.45) is 0 Å². The SMILES string of the molecule is CCCCCc1ccc(-c2ccc(CP(Br)(c3ccccc3)(c3ccccc3)c3ccccc3)cc2)cc1. The summed E-state index contributed by atoms with van der Waals surface area (Å²) in [6.45, 7) is 2.26. The van der Waals surface area contributed by atoms with Gasteiger partial charge in [0.2, 0.25) is 0 Å². The Balaban J connectivity index is 1.54. The summed E-state index contributed by atoms with van der Waals surface area (Å²) < 4.78 is 0. The molecule has 0 radical (unpaired) electrons. The van der Waals surface area contributed by atoms with E-state index in [1.165, 1.54) is 63.9 Å². The Kier molecular flexibility index (Phi) is 8.27. The molecule has 0 fully saturated rings. The number of benzene rings is 5. The van der Waals surface area contributed by atoms with Crippen LogP contribution in [0.3, 0.4) is 0 Å². The third-order valence-electron chi connectivity index (χ3n) is 7.67. The molecule has 0 amide bonds. The van der Waals surface area contributed by atoms with Crippen LogP contribution in [-0.4, -0.2) is 0 Å². The van der Waals surface area contributed by atoms with Crippen molar-refractivity contribution in [3.8, 4) is 11.1 Å². The zero-order valence-electron chi connectivity index (χ0n) is 22.1. The van der Waals surface area contributed by atoms with Gasteiger partial charge in [0.05, 0.1) is 0 Å². The van der Waals surface area contributed by atoms with Crippen LogP contribution in [0.4, 0.5) is 0 Å². The van der Waals surface area contributed by atoms with Gasteiger partial charge >= 0.3 is 224 Å². The van der Waals surface area contributed by atoms with E-state index < -0.39 is 5.31 Å². The first-order valence-electron chi connectivity index (χ1n) is 13.7. The molecule has 0 bridgehead atoms. The van der Waals surface area contributed by atoms with Gasteiger partial charge in [-0.05, 0) is 0 Å². The molecule has 2 heteroatoms. The Morgan fingerprint density at radius 3 is 1.26 bits per heavy atom. The fraction of sp³-hybridized carbons (Fsp3) is 0.167. The molecule has 5 rings (SSSR count). The van der Waals surface area contributed by atoms with E-state index in [0.29, 0.717) is 0 Å². The summed E-state index contributed by atoms with van der Waals surface area (Å²) in [7, 11) is 0. The van der Waals surface area contributed by atoms with E-state index >= 15 is 0 Å². The molecule has 192 valence electrons. The van der Waals surface area contributed by atoms with E-state index in [1.807, 2.05) is 0 Å². The summed E-state index contributed by atoms with van der Waals surface area (Å²) in [6, 6.07) is 51.5. The van der Waals surface area contributed by atoms with Crippen molar-refractivity contribution in [1.29, 1.82) is 0 Å². The molecular weight excluding hydrogens is 543 g/mol. The predicted molar refractivity (Wildman–Crippen MR) is 173 cm³/mol. The molecule has 0 aromatic heterocycles. The van der Waals surface area contributed by atoms with Gasteiger partial charge in [-0.1, -0.05) is 13.3 Å². The Morgan fingerprint density at radius 1 is 0.474 bits per heavy atom. The third-order valence-corrected chi connectivity index (χ3v) is 17.2. The Labute approximate surface area is 236 Å². The molecule has 0 saturated heterocycles. The summed E-state index contributed by atoms with van der Waals surface area (Å²) in [5.41, 5.74) is 5.31. The van der Waals surface area contributed by atoms with Gasteiger partial charge < -0.3 is 0 Å². The molecule has 0 atom stereocenters. The minimum atomic E-state index is -2.99. The Bertz CT molecular complexity index is 1330. The third kappa shape index (κ3) is 5.28. The Morgan fingerprint density at radius 2 is 0.868 bits per heavy atom. The summed E-state index contributed by atoms with van der Waals surface area (Å²) in [5, 5.41) is 1.05. The van der Waals surface area contributed by atoms with Crippen LogP contribution in [0.1, 0.15) is 37.3 Å². The van der Waals surface area contributed by atoms with Crippen molar-refractivity contribution in [1.82, 2.24) is 0 Å². The zero-order valence-corrected chi connectivity index (χ0v) is 24.6. The molecule has 0 aliphatic heterocycles. The van der Waals surface area contributed by atoms with Gasteiger partial charge in [-0.15, -0.1) is 0 Å². The molecular formula is C36H36BrP. The first kappa shape index (κ1) is 26.6. The number of hydrogen-bond donors (Lipinski definition) is 0. The predicted octanol–water partition coefficient (Wildman–Crippen LogP) is 9.43. The van der Waals surface area contributed by atoms with E-state index in [9.17, 15) is 0 Å². The molecule has 0 nitrogen and oxygen atoms in total. The molecule has 0 unspecified atom stereocenters. The van der Waals surface area contributed by atoms with E-state index in [4.69, 9.17) is 0 Å².